The number of esters is 1. The molecule has 33 heavy (non-hydrogen) atoms. The van der Waals surface area contributed by atoms with Crippen LogP contribution < -0.4 is 9.47 Å². The lowest BCUT2D eigenvalue weighted by atomic mass is 10.1. The quantitative estimate of drug-likeness (QED) is 0.263. The number of amides is 1. The number of rotatable bonds is 10. The lowest BCUT2D eigenvalue weighted by Crippen LogP contribution is -2.29. The van der Waals surface area contributed by atoms with Gasteiger partial charge in [0.1, 0.15) is 10.9 Å². The van der Waals surface area contributed by atoms with Gasteiger partial charge < -0.3 is 14.2 Å². The van der Waals surface area contributed by atoms with Gasteiger partial charge >= 0.3 is 5.97 Å². The molecule has 1 amide bonds. The third-order valence-electron chi connectivity index (χ3n) is 4.94. The molecule has 0 unspecified atom stereocenters. The molecule has 0 spiro atoms. The Labute approximate surface area is 203 Å². The van der Waals surface area contributed by atoms with Gasteiger partial charge in [-0.3, -0.25) is 14.5 Å². The highest BCUT2D eigenvalue weighted by Gasteiger charge is 2.31. The number of methoxy groups -OCH3 is 1. The number of benzene rings is 2. The molecule has 0 atom stereocenters. The Bertz CT molecular complexity index is 1050. The van der Waals surface area contributed by atoms with E-state index in [1.54, 1.807) is 20.1 Å². The van der Waals surface area contributed by atoms with Crippen LogP contribution in [0.4, 0.5) is 0 Å². The Morgan fingerprint density at radius 3 is 2.61 bits per heavy atom. The molecule has 1 aliphatic heterocycles. The van der Waals surface area contributed by atoms with Gasteiger partial charge in [-0.25, -0.2) is 0 Å². The minimum absolute atomic E-state index is 0.160. The van der Waals surface area contributed by atoms with Crippen molar-refractivity contribution < 1.29 is 23.8 Å². The minimum atomic E-state index is -0.268. The van der Waals surface area contributed by atoms with E-state index in [-0.39, 0.29) is 18.3 Å². The lowest BCUT2D eigenvalue weighted by molar-refractivity contribution is -0.143. The number of thiocarbonyl (C=S) groups is 1. The second-order valence-corrected chi connectivity index (χ2v) is 9.10. The maximum atomic E-state index is 12.8. The smallest absolute Gasteiger partial charge is 0.305 e. The van der Waals surface area contributed by atoms with Crippen molar-refractivity contribution in [3.8, 4) is 11.5 Å². The predicted octanol–water partition coefficient (Wildman–Crippen LogP) is 5.13. The van der Waals surface area contributed by atoms with Crippen LogP contribution in [0.15, 0.2) is 47.4 Å². The van der Waals surface area contributed by atoms with Crippen molar-refractivity contribution >= 4 is 46.3 Å². The summed E-state index contributed by atoms with van der Waals surface area (Å²) in [7, 11) is 1.58. The monoisotopic (exact) mass is 485 g/mol. The zero-order valence-corrected chi connectivity index (χ0v) is 20.6. The molecular formula is C25H27NO5S2. The van der Waals surface area contributed by atoms with E-state index in [2.05, 4.69) is 0 Å². The Morgan fingerprint density at radius 1 is 1.15 bits per heavy atom. The summed E-state index contributed by atoms with van der Waals surface area (Å²) in [6.07, 6.45) is 2.54. The van der Waals surface area contributed by atoms with Crippen LogP contribution in [-0.4, -0.2) is 41.4 Å². The summed E-state index contributed by atoms with van der Waals surface area (Å²) in [6, 6.07) is 13.7. The highest BCUT2D eigenvalue weighted by molar-refractivity contribution is 8.26. The van der Waals surface area contributed by atoms with Crippen molar-refractivity contribution in [2.24, 2.45) is 0 Å². The van der Waals surface area contributed by atoms with Crippen molar-refractivity contribution in [2.45, 2.75) is 33.3 Å². The standard InChI is InChI=1S/C25H27NO5S2/c1-4-30-23(27)6-5-13-26-24(28)22(33-25(26)32)15-19-11-12-20(21(14-19)29-3)31-16-18-9-7-17(2)8-10-18/h7-12,14-15H,4-6,13,16H2,1-3H3/b22-15-. The van der Waals surface area contributed by atoms with Crippen LogP contribution in [0.3, 0.4) is 0 Å². The zero-order chi connectivity index (χ0) is 23.8. The van der Waals surface area contributed by atoms with Crippen LogP contribution in [0.2, 0.25) is 0 Å². The molecule has 1 aliphatic rings. The molecule has 1 fully saturated rings. The van der Waals surface area contributed by atoms with E-state index in [9.17, 15) is 9.59 Å². The molecule has 0 saturated carbocycles. The molecule has 1 heterocycles. The van der Waals surface area contributed by atoms with Crippen molar-refractivity contribution in [1.82, 2.24) is 4.90 Å². The number of carbonyl (C=O) groups is 2. The highest BCUT2D eigenvalue weighted by Crippen LogP contribution is 2.35. The van der Waals surface area contributed by atoms with Crippen molar-refractivity contribution in [1.29, 1.82) is 0 Å². The molecule has 0 bridgehead atoms. The molecule has 174 valence electrons. The van der Waals surface area contributed by atoms with Crippen LogP contribution in [0.5, 0.6) is 11.5 Å². The minimum Gasteiger partial charge on any atom is -0.493 e. The Balaban J connectivity index is 1.64. The first-order chi connectivity index (χ1) is 15.9. The molecule has 0 radical (unpaired) electrons. The molecule has 8 heteroatoms. The second-order valence-electron chi connectivity index (χ2n) is 7.43. The Kier molecular flexibility index (Phi) is 8.91. The first kappa shape index (κ1) is 24.8. The molecular weight excluding hydrogens is 458 g/mol. The van der Waals surface area contributed by atoms with E-state index < -0.39 is 0 Å². The molecule has 1 saturated heterocycles. The van der Waals surface area contributed by atoms with Crippen LogP contribution in [0.1, 0.15) is 36.5 Å². The predicted molar refractivity (Wildman–Crippen MR) is 134 cm³/mol. The average molecular weight is 486 g/mol. The first-order valence-corrected chi connectivity index (χ1v) is 11.9. The largest absolute Gasteiger partial charge is 0.493 e. The van der Waals surface area contributed by atoms with Crippen LogP contribution in [-0.2, 0) is 20.9 Å². The molecule has 2 aromatic rings. The lowest BCUT2D eigenvalue weighted by Gasteiger charge is -2.13. The van der Waals surface area contributed by atoms with E-state index in [1.807, 2.05) is 49.4 Å². The normalized spacial score (nSPS) is 14.6. The van der Waals surface area contributed by atoms with Gasteiger partial charge in [0.05, 0.1) is 18.6 Å². The third-order valence-corrected chi connectivity index (χ3v) is 6.32. The van der Waals surface area contributed by atoms with Gasteiger partial charge in [-0.1, -0.05) is 59.9 Å². The Morgan fingerprint density at radius 2 is 1.91 bits per heavy atom. The van der Waals surface area contributed by atoms with Crippen molar-refractivity contribution in [3.05, 3.63) is 64.1 Å². The van der Waals surface area contributed by atoms with Crippen LogP contribution in [0, 0.1) is 6.92 Å². The fourth-order valence-corrected chi connectivity index (χ4v) is 4.51. The van der Waals surface area contributed by atoms with Crippen molar-refractivity contribution in [2.75, 3.05) is 20.3 Å². The van der Waals surface area contributed by atoms with Crippen molar-refractivity contribution in [3.63, 3.8) is 0 Å². The first-order valence-electron chi connectivity index (χ1n) is 10.7. The number of aryl methyl sites for hydroxylation is 1. The molecule has 6 nitrogen and oxygen atoms in total. The zero-order valence-electron chi connectivity index (χ0n) is 19.0. The SMILES string of the molecule is CCOC(=O)CCCN1C(=O)/C(=C/c2ccc(OCc3ccc(C)cc3)c(OC)c2)SC1=S. The average Bonchev–Trinajstić information content (AvgIpc) is 3.06. The number of hydrogen-bond donors (Lipinski definition) is 0. The summed E-state index contributed by atoms with van der Waals surface area (Å²) in [6.45, 7) is 4.98. The maximum absolute atomic E-state index is 12.8. The summed E-state index contributed by atoms with van der Waals surface area (Å²) in [5.74, 6) is 0.783. The van der Waals surface area contributed by atoms with E-state index in [4.69, 9.17) is 26.4 Å². The maximum Gasteiger partial charge on any atom is 0.305 e. The van der Waals surface area contributed by atoms with Gasteiger partial charge in [0.25, 0.3) is 5.91 Å². The van der Waals surface area contributed by atoms with Crippen LogP contribution in [0.25, 0.3) is 6.08 Å². The number of ether oxygens (including phenoxy) is 3. The topological polar surface area (TPSA) is 65.1 Å². The third kappa shape index (κ3) is 6.82. The van der Waals surface area contributed by atoms with E-state index >= 15 is 0 Å². The molecule has 0 aromatic heterocycles. The molecule has 2 aromatic carbocycles. The fraction of sp³-hybridized carbons (Fsp3) is 0.320. The van der Waals surface area contributed by atoms with Gasteiger partial charge in [-0.05, 0) is 49.6 Å². The van der Waals surface area contributed by atoms with Gasteiger partial charge in [-0.15, -0.1) is 0 Å². The molecule has 0 aliphatic carbocycles. The van der Waals surface area contributed by atoms with Gasteiger partial charge in [-0.2, -0.15) is 0 Å². The van der Waals surface area contributed by atoms with E-state index in [0.29, 0.717) is 46.9 Å². The summed E-state index contributed by atoms with van der Waals surface area (Å²) < 4.78 is 16.8. The van der Waals surface area contributed by atoms with Gasteiger partial charge in [0.2, 0.25) is 0 Å². The summed E-state index contributed by atoms with van der Waals surface area (Å²) in [4.78, 5) is 26.4. The number of carbonyl (C=O) groups excluding carboxylic acids is 2. The van der Waals surface area contributed by atoms with Gasteiger partial charge in [0.15, 0.2) is 11.5 Å². The summed E-state index contributed by atoms with van der Waals surface area (Å²) in [5, 5.41) is 0. The highest BCUT2D eigenvalue weighted by atomic mass is 32.2. The number of nitrogens with zero attached hydrogens (tertiary/aromatic N) is 1. The second kappa shape index (κ2) is 11.9. The summed E-state index contributed by atoms with van der Waals surface area (Å²) in [5.41, 5.74) is 3.07. The fourth-order valence-electron chi connectivity index (χ4n) is 3.20. The Hall–Kier alpha value is -2.84. The summed E-state index contributed by atoms with van der Waals surface area (Å²) >= 11 is 6.62. The van der Waals surface area contributed by atoms with E-state index in [1.165, 1.54) is 22.2 Å². The van der Waals surface area contributed by atoms with Gasteiger partial charge in [0, 0.05) is 13.0 Å². The number of thioether (sulfide) groups is 1. The molecule has 0 N–H and O–H groups in total. The van der Waals surface area contributed by atoms with Crippen LogP contribution >= 0.6 is 24.0 Å². The molecule has 3 rings (SSSR count). The van der Waals surface area contributed by atoms with E-state index in [0.717, 1.165) is 11.1 Å². The number of hydrogen-bond acceptors (Lipinski definition) is 7.